The molecule has 0 bridgehead atoms. The average molecular weight is 357 g/mol. The predicted molar refractivity (Wildman–Crippen MR) is 97.0 cm³/mol. The van der Waals surface area contributed by atoms with Gasteiger partial charge in [-0.3, -0.25) is 10.1 Å². The van der Waals surface area contributed by atoms with Crippen LogP contribution in [0.3, 0.4) is 0 Å². The smallest absolute Gasteiger partial charge is 0.181 e. The average Bonchev–Trinajstić information content (AvgIpc) is 3.41. The molecule has 1 aromatic carbocycles. The van der Waals surface area contributed by atoms with Crippen molar-refractivity contribution in [1.29, 1.82) is 5.26 Å². The van der Waals surface area contributed by atoms with Crippen LogP contribution in [0.2, 0.25) is 0 Å². The molecule has 7 heteroatoms. The van der Waals surface area contributed by atoms with Gasteiger partial charge in [0.05, 0.1) is 23.0 Å². The van der Waals surface area contributed by atoms with Crippen LogP contribution in [0, 0.1) is 18.3 Å². The summed E-state index contributed by atoms with van der Waals surface area (Å²) in [6.07, 6.45) is 6.24. The van der Waals surface area contributed by atoms with E-state index < -0.39 is 0 Å². The number of hydrogen-bond acceptors (Lipinski definition) is 6. The number of rotatable bonds is 3. The highest BCUT2D eigenvalue weighted by molar-refractivity contribution is 5.92. The first-order valence-corrected chi connectivity index (χ1v) is 8.66. The van der Waals surface area contributed by atoms with Crippen LogP contribution in [0.1, 0.15) is 34.9 Å². The molecule has 0 aliphatic heterocycles. The van der Waals surface area contributed by atoms with Gasteiger partial charge in [-0.1, -0.05) is 0 Å². The number of nitriles is 1. The second-order valence-corrected chi connectivity index (χ2v) is 6.56. The van der Waals surface area contributed by atoms with E-state index in [4.69, 9.17) is 9.15 Å². The number of pyridine rings is 1. The number of ether oxygens (including phenoxy) is 1. The molecular weight excluding hydrogens is 342 g/mol. The van der Waals surface area contributed by atoms with E-state index in [-0.39, 0.29) is 6.10 Å². The fourth-order valence-corrected chi connectivity index (χ4v) is 3.65. The van der Waals surface area contributed by atoms with Crippen molar-refractivity contribution in [1.82, 2.24) is 20.2 Å². The first kappa shape index (κ1) is 15.6. The first-order chi connectivity index (χ1) is 13.2. The molecule has 0 fully saturated rings. The van der Waals surface area contributed by atoms with E-state index in [1.54, 1.807) is 12.4 Å². The number of fused-ring (bicyclic) bond motifs is 2. The number of H-pyrrole nitrogens is 1. The van der Waals surface area contributed by atoms with Crippen LogP contribution in [0.5, 0.6) is 5.75 Å². The van der Waals surface area contributed by atoms with Crippen molar-refractivity contribution in [2.24, 2.45) is 0 Å². The van der Waals surface area contributed by atoms with E-state index in [1.165, 1.54) is 6.39 Å². The molecule has 0 unspecified atom stereocenters. The lowest BCUT2D eigenvalue weighted by Gasteiger charge is -2.15. The highest BCUT2D eigenvalue weighted by atomic mass is 16.5. The molecular formula is C20H15N5O2. The molecule has 1 N–H and O–H groups in total. The van der Waals surface area contributed by atoms with Crippen molar-refractivity contribution in [2.45, 2.75) is 25.9 Å². The zero-order valence-corrected chi connectivity index (χ0v) is 14.6. The molecule has 0 saturated heterocycles. The van der Waals surface area contributed by atoms with Crippen LogP contribution in [-0.4, -0.2) is 20.2 Å². The number of benzene rings is 1. The van der Waals surface area contributed by atoms with Gasteiger partial charge in [-0.05, 0) is 49.1 Å². The second kappa shape index (κ2) is 5.95. The third-order valence-electron chi connectivity index (χ3n) is 5.06. The molecule has 5 rings (SSSR count). The summed E-state index contributed by atoms with van der Waals surface area (Å²) in [5.41, 5.74) is 5.29. The van der Waals surface area contributed by atoms with Gasteiger partial charge in [0.2, 0.25) is 0 Å². The number of oxazole rings is 1. The number of nitrogens with one attached hydrogen (secondary N) is 1. The van der Waals surface area contributed by atoms with E-state index in [0.717, 1.165) is 46.3 Å². The third-order valence-corrected chi connectivity index (χ3v) is 5.06. The molecule has 1 aliphatic carbocycles. The minimum atomic E-state index is -0.121. The zero-order valence-electron chi connectivity index (χ0n) is 14.6. The van der Waals surface area contributed by atoms with Crippen LogP contribution in [-0.2, 0) is 6.42 Å². The van der Waals surface area contributed by atoms with Gasteiger partial charge in [0.1, 0.15) is 23.6 Å². The number of hydrogen-bond donors (Lipinski definition) is 1. The molecule has 3 aromatic heterocycles. The van der Waals surface area contributed by atoms with Gasteiger partial charge in [0.25, 0.3) is 0 Å². The number of aromatic amines is 1. The Kier molecular flexibility index (Phi) is 3.44. The molecule has 1 atom stereocenters. The molecule has 0 radical (unpaired) electrons. The van der Waals surface area contributed by atoms with E-state index in [2.05, 4.69) is 26.2 Å². The Morgan fingerprint density at radius 3 is 3.07 bits per heavy atom. The Bertz CT molecular complexity index is 1190. The Labute approximate surface area is 154 Å². The monoisotopic (exact) mass is 357 g/mol. The summed E-state index contributed by atoms with van der Waals surface area (Å²) in [5, 5.41) is 17.4. The van der Waals surface area contributed by atoms with Crippen molar-refractivity contribution in [3.05, 3.63) is 59.4 Å². The van der Waals surface area contributed by atoms with Crippen LogP contribution in [0.4, 0.5) is 0 Å². The van der Waals surface area contributed by atoms with E-state index in [1.807, 2.05) is 25.1 Å². The Morgan fingerprint density at radius 2 is 2.26 bits per heavy atom. The van der Waals surface area contributed by atoms with Gasteiger partial charge in [-0.25, -0.2) is 4.98 Å². The maximum Gasteiger partial charge on any atom is 0.181 e. The van der Waals surface area contributed by atoms with Gasteiger partial charge in [0.15, 0.2) is 12.2 Å². The molecule has 7 nitrogen and oxygen atoms in total. The standard InChI is InChI=1S/C20H15N5O2/c1-11-12(7-21)8-23-19-14(11)3-5-17(19)27-13-2-4-16-15(6-13)20(25-24-16)18-9-22-10-26-18/h2,4,6,8-10,17H,3,5H2,1H3,(H,24,25)/t17-/m0/s1. The normalized spacial score (nSPS) is 15.6. The van der Waals surface area contributed by atoms with Crippen molar-refractivity contribution in [2.75, 3.05) is 0 Å². The lowest BCUT2D eigenvalue weighted by molar-refractivity contribution is 0.203. The van der Waals surface area contributed by atoms with Crippen molar-refractivity contribution >= 4 is 10.9 Å². The Balaban J connectivity index is 1.49. The summed E-state index contributed by atoms with van der Waals surface area (Å²) in [4.78, 5) is 8.44. The van der Waals surface area contributed by atoms with Gasteiger partial charge < -0.3 is 9.15 Å². The number of aromatic nitrogens is 4. The van der Waals surface area contributed by atoms with Crippen molar-refractivity contribution in [3.63, 3.8) is 0 Å². The van der Waals surface area contributed by atoms with Crippen molar-refractivity contribution < 1.29 is 9.15 Å². The molecule has 0 spiro atoms. The fourth-order valence-electron chi connectivity index (χ4n) is 3.65. The molecule has 132 valence electrons. The largest absolute Gasteiger partial charge is 0.484 e. The minimum absolute atomic E-state index is 0.121. The lowest BCUT2D eigenvalue weighted by Crippen LogP contribution is -2.06. The van der Waals surface area contributed by atoms with Crippen LogP contribution >= 0.6 is 0 Å². The van der Waals surface area contributed by atoms with E-state index >= 15 is 0 Å². The quantitative estimate of drug-likeness (QED) is 0.597. The maximum atomic E-state index is 9.19. The summed E-state index contributed by atoms with van der Waals surface area (Å²) < 4.78 is 11.6. The highest BCUT2D eigenvalue weighted by Gasteiger charge is 2.28. The maximum absolute atomic E-state index is 9.19. The Morgan fingerprint density at radius 1 is 1.33 bits per heavy atom. The topological polar surface area (TPSA) is 101 Å². The summed E-state index contributed by atoms with van der Waals surface area (Å²) in [6, 6.07) is 8.00. The molecule has 0 amide bonds. The van der Waals surface area contributed by atoms with Crippen LogP contribution < -0.4 is 4.74 Å². The van der Waals surface area contributed by atoms with Crippen LogP contribution in [0.25, 0.3) is 22.4 Å². The van der Waals surface area contributed by atoms with Gasteiger partial charge in [0, 0.05) is 11.6 Å². The second-order valence-electron chi connectivity index (χ2n) is 6.56. The first-order valence-electron chi connectivity index (χ1n) is 8.66. The highest BCUT2D eigenvalue weighted by Crippen LogP contribution is 2.37. The molecule has 4 aromatic rings. The summed E-state index contributed by atoms with van der Waals surface area (Å²) in [6.45, 7) is 1.97. The van der Waals surface area contributed by atoms with E-state index in [9.17, 15) is 5.26 Å². The molecule has 1 aliphatic rings. The third kappa shape index (κ3) is 2.46. The van der Waals surface area contributed by atoms with Crippen LogP contribution in [0.15, 0.2) is 41.4 Å². The lowest BCUT2D eigenvalue weighted by atomic mass is 10.0. The zero-order chi connectivity index (χ0) is 18.4. The predicted octanol–water partition coefficient (Wildman–Crippen LogP) is 3.86. The summed E-state index contributed by atoms with van der Waals surface area (Å²) in [5.74, 6) is 1.34. The number of nitrogens with zero attached hydrogens (tertiary/aromatic N) is 4. The van der Waals surface area contributed by atoms with Gasteiger partial charge >= 0.3 is 0 Å². The minimum Gasteiger partial charge on any atom is -0.484 e. The van der Waals surface area contributed by atoms with Gasteiger partial charge in [-0.15, -0.1) is 0 Å². The summed E-state index contributed by atoms with van der Waals surface area (Å²) in [7, 11) is 0. The molecule has 3 heterocycles. The van der Waals surface area contributed by atoms with Gasteiger partial charge in [-0.2, -0.15) is 10.4 Å². The van der Waals surface area contributed by atoms with Crippen molar-refractivity contribution in [3.8, 4) is 23.3 Å². The fraction of sp³-hybridized carbons (Fsp3) is 0.200. The van der Waals surface area contributed by atoms with E-state index in [0.29, 0.717) is 17.0 Å². The SMILES string of the molecule is Cc1c(C#N)cnc2c1CC[C@@H]2Oc1ccc2[nH]nc(-c3cnco3)c2c1. The Hall–Kier alpha value is -3.66. The summed E-state index contributed by atoms with van der Waals surface area (Å²) >= 11 is 0. The molecule has 27 heavy (non-hydrogen) atoms. The molecule has 0 saturated carbocycles.